The van der Waals surface area contributed by atoms with E-state index in [1.165, 1.54) is 5.56 Å². The first-order valence-corrected chi connectivity index (χ1v) is 11.8. The number of benzene rings is 2. The molecule has 2 aromatic carbocycles. The lowest BCUT2D eigenvalue weighted by molar-refractivity contribution is -0.120. The van der Waals surface area contributed by atoms with Crippen LogP contribution in [-0.2, 0) is 11.3 Å². The van der Waals surface area contributed by atoms with Crippen molar-refractivity contribution in [3.8, 4) is 11.5 Å². The van der Waals surface area contributed by atoms with E-state index in [4.69, 9.17) is 14.5 Å². The highest BCUT2D eigenvalue weighted by Crippen LogP contribution is 2.32. The summed E-state index contributed by atoms with van der Waals surface area (Å²) >= 11 is 1.55. The van der Waals surface area contributed by atoms with Crippen LogP contribution in [0.3, 0.4) is 0 Å². The number of ether oxygens (including phenoxy) is 2. The molecule has 0 spiro atoms. The standard InChI is InChI=1S/C25H28N4O3S.ClH/c1-4-31-20-6-8-21(9-7-20)32-16-23(30)29(12-5-11-28-13-10-26-17-28)25-27-22-15-18(2)14-19(3)24(22)33-25;/h6-10,13-15,17H,4-5,11-12,16H2,1-3H3;1H. The minimum atomic E-state index is -0.122. The minimum Gasteiger partial charge on any atom is -0.494 e. The fourth-order valence-corrected chi connectivity index (χ4v) is 4.72. The molecular weight excluding hydrogens is 472 g/mol. The molecule has 7 nitrogen and oxygen atoms in total. The Bertz CT molecular complexity index is 1210. The number of anilines is 1. The third-order valence-corrected chi connectivity index (χ3v) is 6.42. The number of carbonyl (C=O) groups is 1. The molecule has 0 fully saturated rings. The average Bonchev–Trinajstić information content (AvgIpc) is 3.46. The number of aromatic nitrogens is 3. The van der Waals surface area contributed by atoms with Gasteiger partial charge < -0.3 is 14.0 Å². The third kappa shape index (κ3) is 6.27. The van der Waals surface area contributed by atoms with Crippen LogP contribution in [0, 0.1) is 13.8 Å². The predicted octanol–water partition coefficient (Wildman–Crippen LogP) is 5.43. The van der Waals surface area contributed by atoms with Gasteiger partial charge in [-0.15, -0.1) is 12.4 Å². The highest BCUT2D eigenvalue weighted by atomic mass is 35.5. The fraction of sp³-hybridized carbons (Fsp3) is 0.320. The van der Waals surface area contributed by atoms with Crippen molar-refractivity contribution in [2.75, 3.05) is 24.7 Å². The van der Waals surface area contributed by atoms with Crippen LogP contribution in [0.5, 0.6) is 11.5 Å². The molecule has 2 aromatic heterocycles. The van der Waals surface area contributed by atoms with Gasteiger partial charge >= 0.3 is 0 Å². The number of carbonyl (C=O) groups excluding carboxylic acids is 1. The first-order valence-electron chi connectivity index (χ1n) is 11.0. The van der Waals surface area contributed by atoms with E-state index in [0.29, 0.717) is 24.0 Å². The van der Waals surface area contributed by atoms with Gasteiger partial charge in [0.05, 0.1) is 23.2 Å². The zero-order valence-electron chi connectivity index (χ0n) is 19.6. The molecular formula is C25H29ClN4O3S. The van der Waals surface area contributed by atoms with Crippen LogP contribution in [0.1, 0.15) is 24.5 Å². The van der Waals surface area contributed by atoms with Gasteiger partial charge in [0, 0.05) is 25.5 Å². The highest BCUT2D eigenvalue weighted by Gasteiger charge is 2.21. The van der Waals surface area contributed by atoms with E-state index < -0.39 is 0 Å². The van der Waals surface area contributed by atoms with Crippen LogP contribution < -0.4 is 14.4 Å². The van der Waals surface area contributed by atoms with Gasteiger partial charge in [-0.1, -0.05) is 17.4 Å². The highest BCUT2D eigenvalue weighted by molar-refractivity contribution is 7.22. The molecule has 1 amide bonds. The van der Waals surface area contributed by atoms with Gasteiger partial charge in [-0.2, -0.15) is 0 Å². The summed E-state index contributed by atoms with van der Waals surface area (Å²) in [6.07, 6.45) is 6.24. The molecule has 0 aliphatic carbocycles. The molecule has 0 bridgehead atoms. The second-order valence-electron chi connectivity index (χ2n) is 7.82. The average molecular weight is 501 g/mol. The van der Waals surface area contributed by atoms with E-state index in [1.807, 2.05) is 42.0 Å². The van der Waals surface area contributed by atoms with Crippen LogP contribution in [0.25, 0.3) is 10.2 Å². The Morgan fingerprint density at radius 1 is 1.12 bits per heavy atom. The van der Waals surface area contributed by atoms with Gasteiger partial charge in [0.15, 0.2) is 11.7 Å². The molecule has 4 rings (SSSR count). The largest absolute Gasteiger partial charge is 0.494 e. The molecule has 0 aliphatic rings. The number of nitrogens with zero attached hydrogens (tertiary/aromatic N) is 4. The maximum Gasteiger partial charge on any atom is 0.266 e. The molecule has 9 heteroatoms. The van der Waals surface area contributed by atoms with Crippen molar-refractivity contribution in [1.29, 1.82) is 0 Å². The van der Waals surface area contributed by atoms with Crippen molar-refractivity contribution in [2.24, 2.45) is 0 Å². The molecule has 2 heterocycles. The van der Waals surface area contributed by atoms with Gasteiger partial charge in [0.25, 0.3) is 5.91 Å². The zero-order valence-corrected chi connectivity index (χ0v) is 21.2. The molecule has 0 N–H and O–H groups in total. The second-order valence-corrected chi connectivity index (χ2v) is 8.80. The fourth-order valence-electron chi connectivity index (χ4n) is 3.66. The summed E-state index contributed by atoms with van der Waals surface area (Å²) in [5.41, 5.74) is 3.26. The third-order valence-electron chi connectivity index (χ3n) is 5.20. The molecule has 0 atom stereocenters. The minimum absolute atomic E-state index is 0. The van der Waals surface area contributed by atoms with Crippen molar-refractivity contribution in [2.45, 2.75) is 33.7 Å². The van der Waals surface area contributed by atoms with Crippen LogP contribution in [-0.4, -0.2) is 40.2 Å². The molecule has 4 aromatic rings. The van der Waals surface area contributed by atoms with Crippen molar-refractivity contribution < 1.29 is 14.3 Å². The first kappa shape index (κ1) is 25.5. The number of thiazole rings is 1. The molecule has 0 saturated heterocycles. The number of halogens is 1. The van der Waals surface area contributed by atoms with Crippen molar-refractivity contribution in [3.05, 3.63) is 66.2 Å². The molecule has 0 radical (unpaired) electrons. The van der Waals surface area contributed by atoms with Crippen LogP contribution in [0.15, 0.2) is 55.1 Å². The number of fused-ring (bicyclic) bond motifs is 1. The first-order chi connectivity index (χ1) is 16.0. The predicted molar refractivity (Wildman–Crippen MR) is 139 cm³/mol. The van der Waals surface area contributed by atoms with Crippen molar-refractivity contribution in [1.82, 2.24) is 14.5 Å². The van der Waals surface area contributed by atoms with Gasteiger partial charge in [-0.05, 0) is 68.7 Å². The van der Waals surface area contributed by atoms with Crippen molar-refractivity contribution >= 4 is 45.0 Å². The number of hydrogen-bond donors (Lipinski definition) is 0. The SMILES string of the molecule is CCOc1ccc(OCC(=O)N(CCCn2ccnc2)c2nc3cc(C)cc(C)c3s2)cc1.Cl. The summed E-state index contributed by atoms with van der Waals surface area (Å²) in [4.78, 5) is 23.8. The topological polar surface area (TPSA) is 69.5 Å². The number of rotatable bonds is 10. The van der Waals surface area contributed by atoms with Gasteiger partial charge in [0.2, 0.25) is 0 Å². The maximum absolute atomic E-state index is 13.2. The smallest absolute Gasteiger partial charge is 0.266 e. The molecule has 0 unspecified atom stereocenters. The Morgan fingerprint density at radius 2 is 1.85 bits per heavy atom. The van der Waals surface area contributed by atoms with Crippen LogP contribution >= 0.6 is 23.7 Å². The van der Waals surface area contributed by atoms with E-state index in [0.717, 1.165) is 34.5 Å². The normalized spacial score (nSPS) is 10.7. The van der Waals surface area contributed by atoms with E-state index in [2.05, 4.69) is 31.0 Å². The van der Waals surface area contributed by atoms with E-state index in [-0.39, 0.29) is 24.9 Å². The number of hydrogen-bond acceptors (Lipinski definition) is 6. The Labute approximate surface area is 209 Å². The van der Waals surface area contributed by atoms with Gasteiger partial charge in [-0.3, -0.25) is 9.69 Å². The quantitative estimate of drug-likeness (QED) is 0.290. The van der Waals surface area contributed by atoms with E-state index >= 15 is 0 Å². The lowest BCUT2D eigenvalue weighted by Crippen LogP contribution is -2.36. The van der Waals surface area contributed by atoms with E-state index in [9.17, 15) is 4.79 Å². The summed E-state index contributed by atoms with van der Waals surface area (Å²) < 4.78 is 14.4. The van der Waals surface area contributed by atoms with Gasteiger partial charge in [0.1, 0.15) is 11.5 Å². The van der Waals surface area contributed by atoms with Crippen LogP contribution in [0.2, 0.25) is 0 Å². The van der Waals surface area contributed by atoms with Gasteiger partial charge in [-0.25, -0.2) is 9.97 Å². The maximum atomic E-state index is 13.2. The van der Waals surface area contributed by atoms with E-state index in [1.54, 1.807) is 28.8 Å². The Morgan fingerprint density at radius 3 is 2.53 bits per heavy atom. The van der Waals surface area contributed by atoms with Crippen molar-refractivity contribution in [3.63, 3.8) is 0 Å². The lowest BCUT2D eigenvalue weighted by atomic mass is 10.1. The number of amides is 1. The summed E-state index contributed by atoms with van der Waals surface area (Å²) in [6.45, 7) is 7.94. The summed E-state index contributed by atoms with van der Waals surface area (Å²) in [7, 11) is 0. The summed E-state index contributed by atoms with van der Waals surface area (Å²) in [5, 5.41) is 0.699. The zero-order chi connectivity index (χ0) is 23.2. The second kappa shape index (κ2) is 11.9. The van der Waals surface area contributed by atoms with Crippen LogP contribution in [0.4, 0.5) is 5.13 Å². The summed E-state index contributed by atoms with van der Waals surface area (Å²) in [6, 6.07) is 11.5. The Hall–Kier alpha value is -3.10. The molecule has 0 aliphatic heterocycles. The monoisotopic (exact) mass is 500 g/mol. The molecule has 0 saturated carbocycles. The molecule has 180 valence electrons. The Balaban J connectivity index is 0.00000324. The summed E-state index contributed by atoms with van der Waals surface area (Å²) in [5.74, 6) is 1.28. The lowest BCUT2D eigenvalue weighted by Gasteiger charge is -2.20. The molecule has 34 heavy (non-hydrogen) atoms. The number of imidazole rings is 1. The number of aryl methyl sites for hydroxylation is 3. The Kier molecular flexibility index (Phi) is 8.90.